The number of carbonyl (C=O) groups excluding carboxylic acids is 4. The van der Waals surface area contributed by atoms with Gasteiger partial charge in [-0.1, -0.05) is 0 Å². The molecular formula is C18H25N8O4. The molecule has 0 spiro atoms. The zero-order valence-electron chi connectivity index (χ0n) is 16.8. The Hall–Kier alpha value is -3.38. The van der Waals surface area contributed by atoms with Crippen LogP contribution < -0.4 is 16.8 Å². The van der Waals surface area contributed by atoms with Crippen molar-refractivity contribution < 1.29 is 19.2 Å². The van der Waals surface area contributed by atoms with Crippen molar-refractivity contribution in [2.75, 3.05) is 13.1 Å². The lowest BCUT2D eigenvalue weighted by Crippen LogP contribution is -2.53. The van der Waals surface area contributed by atoms with Crippen molar-refractivity contribution >= 4 is 24.0 Å². The highest BCUT2D eigenvalue weighted by Crippen LogP contribution is 2.12. The van der Waals surface area contributed by atoms with Crippen LogP contribution in [0.2, 0.25) is 0 Å². The second-order valence-electron chi connectivity index (χ2n) is 6.68. The van der Waals surface area contributed by atoms with Crippen LogP contribution in [0.3, 0.4) is 0 Å². The van der Waals surface area contributed by atoms with Crippen LogP contribution >= 0.6 is 0 Å². The molecule has 12 nitrogen and oxygen atoms in total. The highest BCUT2D eigenvalue weighted by molar-refractivity contribution is 6.00. The molecule has 0 fully saturated rings. The minimum atomic E-state index is -1.21. The number of nitrogens with two attached hydrogens (primary N) is 2. The molecule has 2 rings (SSSR count). The Morgan fingerprint density at radius 1 is 1.30 bits per heavy atom. The number of hydrogen-bond donors (Lipinski definition) is 4. The van der Waals surface area contributed by atoms with Gasteiger partial charge in [-0.25, -0.2) is 9.97 Å². The van der Waals surface area contributed by atoms with Crippen LogP contribution in [0.4, 0.5) is 0 Å². The van der Waals surface area contributed by atoms with Crippen LogP contribution in [0.5, 0.6) is 0 Å². The van der Waals surface area contributed by atoms with E-state index in [1.807, 2.05) is 0 Å². The van der Waals surface area contributed by atoms with E-state index in [0.29, 0.717) is 17.1 Å². The molecule has 30 heavy (non-hydrogen) atoms. The third-order valence-corrected chi connectivity index (χ3v) is 4.55. The number of amides is 3. The minimum Gasteiger partial charge on any atom is -0.351 e. The van der Waals surface area contributed by atoms with Gasteiger partial charge in [0, 0.05) is 31.8 Å². The first kappa shape index (κ1) is 22.9. The Kier molecular flexibility index (Phi) is 7.95. The molecule has 2 heterocycles. The number of aromatic amines is 1. The van der Waals surface area contributed by atoms with Gasteiger partial charge in [-0.05, 0) is 6.92 Å². The summed E-state index contributed by atoms with van der Waals surface area (Å²) in [5.41, 5.74) is 13.1. The largest absolute Gasteiger partial charge is 0.351 e. The molecule has 0 aromatic carbocycles. The molecular weight excluding hydrogens is 392 g/mol. The van der Waals surface area contributed by atoms with Crippen LogP contribution in [0, 0.1) is 6.92 Å². The number of imidazole rings is 2. The number of imide groups is 1. The van der Waals surface area contributed by atoms with Crippen molar-refractivity contribution in [2.24, 2.45) is 18.5 Å². The van der Waals surface area contributed by atoms with E-state index in [9.17, 15) is 19.2 Å². The maximum atomic E-state index is 12.7. The Balaban J connectivity index is 2.05. The number of aromatic nitrogens is 4. The molecule has 2 aromatic heterocycles. The predicted molar refractivity (Wildman–Crippen MR) is 105 cm³/mol. The molecule has 6 N–H and O–H groups in total. The van der Waals surface area contributed by atoms with E-state index in [0.717, 1.165) is 4.90 Å². The molecule has 2 aromatic rings. The van der Waals surface area contributed by atoms with Crippen LogP contribution in [0.1, 0.15) is 17.1 Å². The molecule has 0 saturated carbocycles. The highest BCUT2D eigenvalue weighted by atomic mass is 16.2. The zero-order chi connectivity index (χ0) is 22.3. The minimum absolute atomic E-state index is 0.0237. The Morgan fingerprint density at radius 3 is 2.57 bits per heavy atom. The molecule has 2 atom stereocenters. The van der Waals surface area contributed by atoms with E-state index in [2.05, 4.69) is 20.3 Å². The van der Waals surface area contributed by atoms with E-state index in [1.54, 1.807) is 37.3 Å². The summed E-state index contributed by atoms with van der Waals surface area (Å²) in [5.74, 6) is -2.15. The van der Waals surface area contributed by atoms with E-state index in [1.165, 1.54) is 6.33 Å². The number of nitrogens with one attached hydrogen (secondary N) is 2. The summed E-state index contributed by atoms with van der Waals surface area (Å²) in [6.45, 7) is 0.734. The number of H-pyrrole nitrogens is 1. The topological polar surface area (TPSA) is 182 Å². The van der Waals surface area contributed by atoms with Gasteiger partial charge in [-0.3, -0.25) is 24.1 Å². The summed E-state index contributed by atoms with van der Waals surface area (Å²) in [5, 5.41) is 2.38. The molecule has 0 unspecified atom stereocenters. The highest BCUT2D eigenvalue weighted by Gasteiger charge is 2.31. The number of hydrogen-bond acceptors (Lipinski definition) is 8. The zero-order valence-corrected chi connectivity index (χ0v) is 16.8. The summed E-state index contributed by atoms with van der Waals surface area (Å²) in [4.78, 5) is 60.3. The first-order valence-electron chi connectivity index (χ1n) is 9.18. The third-order valence-electron chi connectivity index (χ3n) is 4.55. The number of nitrogens with zero attached hydrogens (tertiary/aromatic N) is 4. The molecule has 3 amide bonds. The van der Waals surface area contributed by atoms with Gasteiger partial charge in [0.25, 0.3) is 0 Å². The lowest BCUT2D eigenvalue weighted by atomic mass is 10.1. The summed E-state index contributed by atoms with van der Waals surface area (Å²) in [7, 11) is 1.73. The summed E-state index contributed by atoms with van der Waals surface area (Å²) in [6.07, 6.45) is 6.53. The maximum Gasteiger partial charge on any atom is 0.249 e. The molecule has 161 valence electrons. The van der Waals surface area contributed by atoms with Crippen molar-refractivity contribution in [1.29, 1.82) is 0 Å². The summed E-state index contributed by atoms with van der Waals surface area (Å²) >= 11 is 0. The fourth-order valence-electron chi connectivity index (χ4n) is 2.92. The molecule has 0 bridgehead atoms. The predicted octanol–water partition coefficient (Wildman–Crippen LogP) is -2.53. The quantitative estimate of drug-likeness (QED) is 0.326. The Morgan fingerprint density at radius 2 is 2.03 bits per heavy atom. The monoisotopic (exact) mass is 417 g/mol. The van der Waals surface area contributed by atoms with Crippen molar-refractivity contribution in [3.8, 4) is 0 Å². The molecule has 12 heteroatoms. The number of rotatable bonds is 10. The standard InChI is InChI=1S/C18H25N8O4/c1-11-15(25(2)10-24-11)4-13(8-27)26(16(28)5-19)17(29)7-22-18(30)14(20)3-12-6-21-9-23-12/h6,9-10,13-14H,3-5,7,19-20H2,1-2H3,(H,21,23)(H,22,30)/t13-,14-/m0/s1. The average Bonchev–Trinajstić information content (AvgIpc) is 3.35. The summed E-state index contributed by atoms with van der Waals surface area (Å²) < 4.78 is 1.69. The molecule has 0 aliphatic heterocycles. The van der Waals surface area contributed by atoms with E-state index in [-0.39, 0.29) is 12.8 Å². The van der Waals surface area contributed by atoms with Crippen LogP contribution in [0.15, 0.2) is 18.9 Å². The van der Waals surface area contributed by atoms with E-state index in [4.69, 9.17) is 11.5 Å². The van der Waals surface area contributed by atoms with Crippen LogP contribution in [-0.2, 0) is 39.1 Å². The molecule has 1 radical (unpaired) electrons. The maximum absolute atomic E-state index is 12.7. The molecule has 0 aliphatic rings. The first-order valence-corrected chi connectivity index (χ1v) is 9.18. The Bertz CT molecular complexity index is 873. The average molecular weight is 417 g/mol. The van der Waals surface area contributed by atoms with Gasteiger partial charge in [-0.15, -0.1) is 0 Å². The lowest BCUT2D eigenvalue weighted by molar-refractivity contribution is -0.145. The van der Waals surface area contributed by atoms with Crippen molar-refractivity contribution in [1.82, 2.24) is 29.7 Å². The van der Waals surface area contributed by atoms with E-state index < -0.39 is 42.9 Å². The van der Waals surface area contributed by atoms with Crippen molar-refractivity contribution in [3.63, 3.8) is 0 Å². The fourth-order valence-corrected chi connectivity index (χ4v) is 2.92. The smallest absolute Gasteiger partial charge is 0.249 e. The lowest BCUT2D eigenvalue weighted by Gasteiger charge is -2.26. The van der Waals surface area contributed by atoms with Crippen molar-refractivity contribution in [3.05, 3.63) is 35.9 Å². The summed E-state index contributed by atoms with van der Waals surface area (Å²) in [6, 6.07) is -2.15. The van der Waals surface area contributed by atoms with Crippen molar-refractivity contribution in [2.45, 2.75) is 31.8 Å². The van der Waals surface area contributed by atoms with Gasteiger partial charge >= 0.3 is 0 Å². The van der Waals surface area contributed by atoms with Gasteiger partial charge < -0.3 is 26.3 Å². The van der Waals surface area contributed by atoms with Crippen LogP contribution in [0.25, 0.3) is 0 Å². The normalized spacial score (nSPS) is 12.8. The number of aryl methyl sites for hydroxylation is 2. The van der Waals surface area contributed by atoms with Gasteiger partial charge in [0.15, 0.2) is 0 Å². The van der Waals surface area contributed by atoms with Crippen LogP contribution in [-0.4, -0.2) is 73.6 Å². The fraction of sp³-hybridized carbons (Fsp3) is 0.444. The third kappa shape index (κ3) is 5.58. The first-order chi connectivity index (χ1) is 14.3. The van der Waals surface area contributed by atoms with Gasteiger partial charge in [0.1, 0.15) is 6.04 Å². The van der Waals surface area contributed by atoms with Gasteiger partial charge in [0.05, 0.1) is 43.2 Å². The van der Waals surface area contributed by atoms with E-state index >= 15 is 0 Å². The number of carbonyl (C=O) groups is 3. The SMILES string of the molecule is Cc1ncn(C)c1C[C@@H]([C]=O)N(C(=O)CN)C(=O)CNC(=O)[C@@H](N)Cc1c[nH]cn1. The second-order valence-corrected chi connectivity index (χ2v) is 6.68. The Labute approximate surface area is 173 Å². The van der Waals surface area contributed by atoms with Gasteiger partial charge in [-0.2, -0.15) is 0 Å². The molecule has 0 saturated heterocycles. The second kappa shape index (κ2) is 10.4. The van der Waals surface area contributed by atoms with Gasteiger partial charge in [0.2, 0.25) is 24.0 Å². The molecule has 0 aliphatic carbocycles.